The molecule has 8 nitrogen and oxygen atoms in total. The number of benzene rings is 1. The van der Waals surface area contributed by atoms with Gasteiger partial charge in [-0.2, -0.15) is 0 Å². The van der Waals surface area contributed by atoms with Crippen LogP contribution in [0, 0.1) is 11.3 Å². The van der Waals surface area contributed by atoms with Gasteiger partial charge in [-0.05, 0) is 12.1 Å². The van der Waals surface area contributed by atoms with E-state index < -0.39 is 11.9 Å². The quantitative estimate of drug-likeness (QED) is 0.336. The Morgan fingerprint density at radius 3 is 2.26 bits per heavy atom. The number of hydrogen-bond acceptors (Lipinski definition) is 4. The number of hydrogen-bond donors (Lipinski definition) is 5. The van der Waals surface area contributed by atoms with E-state index in [4.69, 9.17) is 16.2 Å². The Labute approximate surface area is 133 Å². The number of carboxylic acid groups (broad SMARTS) is 1. The lowest BCUT2D eigenvalue weighted by molar-refractivity contribution is -0.141. The number of carbonyl (C=O) groups is 3. The first-order valence-corrected chi connectivity index (χ1v) is 7.03. The molecule has 124 valence electrons. The van der Waals surface area contributed by atoms with Crippen molar-refractivity contribution in [3.05, 3.63) is 35.4 Å². The number of nitrogens with two attached hydrogens (primary N) is 1. The van der Waals surface area contributed by atoms with E-state index in [1.807, 2.05) is 0 Å². The summed E-state index contributed by atoms with van der Waals surface area (Å²) in [6.07, 6.45) is 0.0591. The zero-order valence-corrected chi connectivity index (χ0v) is 12.8. The van der Waals surface area contributed by atoms with Crippen LogP contribution in [0.2, 0.25) is 0 Å². The normalized spacial score (nSPS) is 11.3. The van der Waals surface area contributed by atoms with E-state index in [1.54, 1.807) is 24.3 Å². The first kappa shape index (κ1) is 18.1. The zero-order valence-electron chi connectivity index (χ0n) is 12.8. The molecule has 8 heteroatoms. The molecule has 0 bridgehead atoms. The van der Waals surface area contributed by atoms with Crippen molar-refractivity contribution in [1.29, 1.82) is 5.41 Å². The van der Waals surface area contributed by atoms with E-state index in [2.05, 4.69) is 10.6 Å². The van der Waals surface area contributed by atoms with Crippen molar-refractivity contribution in [2.24, 2.45) is 11.7 Å². The molecule has 0 saturated carbocycles. The predicted octanol–water partition coefficient (Wildman–Crippen LogP) is -0.0725. The molecule has 0 aromatic heterocycles. The number of nitrogens with one attached hydrogen (secondary N) is 3. The van der Waals surface area contributed by atoms with Crippen LogP contribution in [0.5, 0.6) is 0 Å². The SMILES string of the molecule is CC(CNC(=O)CCNC(=O)c1ccc(C(=N)N)cc1)C(=O)O. The molecule has 1 unspecified atom stereocenters. The Bertz CT molecular complexity index is 598. The second-order valence-electron chi connectivity index (χ2n) is 5.04. The smallest absolute Gasteiger partial charge is 0.308 e. The highest BCUT2D eigenvalue weighted by Gasteiger charge is 2.12. The second kappa shape index (κ2) is 8.52. The van der Waals surface area contributed by atoms with Crippen molar-refractivity contribution < 1.29 is 19.5 Å². The van der Waals surface area contributed by atoms with Crippen LogP contribution in [-0.4, -0.2) is 41.8 Å². The third-order valence-corrected chi connectivity index (χ3v) is 3.12. The molecule has 1 aromatic rings. The highest BCUT2D eigenvalue weighted by molar-refractivity contribution is 5.98. The third kappa shape index (κ3) is 6.16. The molecule has 1 rings (SSSR count). The van der Waals surface area contributed by atoms with Gasteiger partial charge in [0.15, 0.2) is 0 Å². The number of carbonyl (C=O) groups excluding carboxylic acids is 2. The highest BCUT2D eigenvalue weighted by atomic mass is 16.4. The molecule has 0 aliphatic rings. The zero-order chi connectivity index (χ0) is 17.4. The van der Waals surface area contributed by atoms with Crippen LogP contribution in [0.15, 0.2) is 24.3 Å². The van der Waals surface area contributed by atoms with Crippen molar-refractivity contribution in [3.8, 4) is 0 Å². The maximum atomic E-state index is 11.9. The van der Waals surface area contributed by atoms with Crippen molar-refractivity contribution in [3.63, 3.8) is 0 Å². The second-order valence-corrected chi connectivity index (χ2v) is 5.04. The van der Waals surface area contributed by atoms with Crippen molar-refractivity contribution in [2.45, 2.75) is 13.3 Å². The largest absolute Gasteiger partial charge is 0.481 e. The van der Waals surface area contributed by atoms with Gasteiger partial charge >= 0.3 is 5.97 Å². The van der Waals surface area contributed by atoms with Gasteiger partial charge in [-0.3, -0.25) is 19.8 Å². The summed E-state index contributed by atoms with van der Waals surface area (Å²) in [5.74, 6) is -2.39. The molecule has 0 spiro atoms. The molecule has 1 atom stereocenters. The van der Waals surface area contributed by atoms with Gasteiger partial charge in [0, 0.05) is 30.6 Å². The molecule has 0 aliphatic carbocycles. The van der Waals surface area contributed by atoms with E-state index in [0.717, 1.165) is 0 Å². The lowest BCUT2D eigenvalue weighted by Gasteiger charge is -2.09. The molecular formula is C15H20N4O4. The molecule has 6 N–H and O–H groups in total. The van der Waals surface area contributed by atoms with Crippen molar-refractivity contribution in [2.75, 3.05) is 13.1 Å². The van der Waals surface area contributed by atoms with Gasteiger partial charge in [-0.15, -0.1) is 0 Å². The lowest BCUT2D eigenvalue weighted by atomic mass is 10.1. The number of amidine groups is 1. The number of amides is 2. The van der Waals surface area contributed by atoms with E-state index in [9.17, 15) is 14.4 Å². The molecule has 0 radical (unpaired) electrons. The summed E-state index contributed by atoms with van der Waals surface area (Å²) in [4.78, 5) is 34.0. The lowest BCUT2D eigenvalue weighted by Crippen LogP contribution is -2.34. The van der Waals surface area contributed by atoms with Gasteiger partial charge < -0.3 is 21.5 Å². The summed E-state index contributed by atoms with van der Waals surface area (Å²) in [6, 6.07) is 6.22. The number of aliphatic carboxylic acids is 1. The van der Waals surface area contributed by atoms with Crippen LogP contribution in [0.4, 0.5) is 0 Å². The Balaban J connectivity index is 2.34. The van der Waals surface area contributed by atoms with E-state index in [1.165, 1.54) is 6.92 Å². The Morgan fingerprint density at radius 2 is 1.74 bits per heavy atom. The highest BCUT2D eigenvalue weighted by Crippen LogP contribution is 2.03. The monoisotopic (exact) mass is 320 g/mol. The summed E-state index contributed by atoms with van der Waals surface area (Å²) in [5.41, 5.74) is 6.24. The minimum atomic E-state index is -0.979. The van der Waals surface area contributed by atoms with Gasteiger partial charge in [0.05, 0.1) is 5.92 Å². The maximum absolute atomic E-state index is 11.9. The third-order valence-electron chi connectivity index (χ3n) is 3.12. The number of rotatable bonds is 8. The Kier molecular flexibility index (Phi) is 6.72. The minimum absolute atomic E-state index is 0.0502. The van der Waals surface area contributed by atoms with Gasteiger partial charge in [-0.1, -0.05) is 19.1 Å². The predicted molar refractivity (Wildman–Crippen MR) is 84.2 cm³/mol. The number of carboxylic acids is 1. The van der Waals surface area contributed by atoms with Crippen LogP contribution in [0.1, 0.15) is 29.3 Å². The molecule has 23 heavy (non-hydrogen) atoms. The fourth-order valence-corrected chi connectivity index (χ4v) is 1.64. The molecule has 0 aliphatic heterocycles. The van der Waals surface area contributed by atoms with Gasteiger partial charge in [0.1, 0.15) is 5.84 Å². The molecule has 0 heterocycles. The first-order chi connectivity index (χ1) is 10.8. The first-order valence-electron chi connectivity index (χ1n) is 7.03. The van der Waals surface area contributed by atoms with Crippen LogP contribution < -0.4 is 16.4 Å². The average Bonchev–Trinajstić information content (AvgIpc) is 2.52. The summed E-state index contributed by atoms with van der Waals surface area (Å²) in [5, 5.41) is 21.0. The topological polar surface area (TPSA) is 145 Å². The minimum Gasteiger partial charge on any atom is -0.481 e. The Morgan fingerprint density at radius 1 is 1.17 bits per heavy atom. The van der Waals surface area contributed by atoms with Gasteiger partial charge in [0.25, 0.3) is 5.91 Å². The maximum Gasteiger partial charge on any atom is 0.308 e. The average molecular weight is 320 g/mol. The van der Waals surface area contributed by atoms with Gasteiger partial charge in [-0.25, -0.2) is 0 Å². The van der Waals surface area contributed by atoms with E-state index >= 15 is 0 Å². The fourth-order valence-electron chi connectivity index (χ4n) is 1.64. The Hall–Kier alpha value is -2.90. The van der Waals surface area contributed by atoms with Crippen LogP contribution >= 0.6 is 0 Å². The summed E-state index contributed by atoms with van der Waals surface area (Å²) < 4.78 is 0. The number of nitrogen functional groups attached to an aromatic ring is 1. The molecule has 2 amide bonds. The fraction of sp³-hybridized carbons (Fsp3) is 0.333. The molecule has 1 aromatic carbocycles. The summed E-state index contributed by atoms with van der Waals surface area (Å²) in [7, 11) is 0. The standard InChI is InChI=1S/C15H20N4O4/c1-9(15(22)23)8-19-12(20)6-7-18-14(21)11-4-2-10(3-5-11)13(16)17/h2-5,9H,6-8H2,1H3,(H3,16,17)(H,18,21)(H,19,20)(H,22,23). The summed E-state index contributed by atoms with van der Waals surface area (Å²) >= 11 is 0. The van der Waals surface area contributed by atoms with Crippen LogP contribution in [-0.2, 0) is 9.59 Å². The molecule has 0 fully saturated rings. The van der Waals surface area contributed by atoms with E-state index in [0.29, 0.717) is 11.1 Å². The van der Waals surface area contributed by atoms with Crippen molar-refractivity contribution >= 4 is 23.6 Å². The summed E-state index contributed by atoms with van der Waals surface area (Å²) in [6.45, 7) is 1.68. The van der Waals surface area contributed by atoms with E-state index in [-0.39, 0.29) is 37.2 Å². The van der Waals surface area contributed by atoms with Gasteiger partial charge in [0.2, 0.25) is 5.91 Å². The van der Waals surface area contributed by atoms with Crippen LogP contribution in [0.25, 0.3) is 0 Å². The van der Waals surface area contributed by atoms with Crippen molar-refractivity contribution in [1.82, 2.24) is 10.6 Å². The molecule has 0 saturated heterocycles. The molecular weight excluding hydrogens is 300 g/mol. The van der Waals surface area contributed by atoms with Crippen LogP contribution in [0.3, 0.4) is 0 Å².